The summed E-state index contributed by atoms with van der Waals surface area (Å²) in [6, 6.07) is 8.19. The van der Waals surface area contributed by atoms with Crippen molar-refractivity contribution >= 4 is 23.4 Å². The Kier molecular flexibility index (Phi) is 5.37. The Balaban J connectivity index is 2.02. The summed E-state index contributed by atoms with van der Waals surface area (Å²) in [6.45, 7) is 1.56. The van der Waals surface area contributed by atoms with Crippen LogP contribution in [0.4, 0.5) is 13.2 Å². The van der Waals surface area contributed by atoms with Crippen molar-refractivity contribution in [3.05, 3.63) is 58.4 Å². The maximum absolute atomic E-state index is 13.6. The summed E-state index contributed by atoms with van der Waals surface area (Å²) >= 11 is 7.02. The Bertz CT molecular complexity index is 707. The summed E-state index contributed by atoms with van der Waals surface area (Å²) < 4.78 is 40.9. The number of alkyl halides is 3. The number of pyridine rings is 1. The number of nitrogens with zero attached hydrogens (tertiary/aromatic N) is 1. The van der Waals surface area contributed by atoms with Crippen LogP contribution in [0, 0.1) is 0 Å². The zero-order chi connectivity index (χ0) is 17.2. The molecule has 0 amide bonds. The molecule has 1 aliphatic rings. The molecule has 2 heterocycles. The summed E-state index contributed by atoms with van der Waals surface area (Å²) in [5, 5.41) is 1.90. The minimum Gasteiger partial charge on any atom is -0.316 e. The number of fused-ring (bicyclic) bond motifs is 1. The van der Waals surface area contributed by atoms with Crippen LogP contribution in [-0.4, -0.2) is 24.2 Å². The third kappa shape index (κ3) is 3.87. The molecule has 0 bridgehead atoms. The highest BCUT2D eigenvalue weighted by Crippen LogP contribution is 2.49. The number of hydrogen-bond donors (Lipinski definition) is 1. The molecule has 1 aromatic carbocycles. The maximum atomic E-state index is 13.6. The number of rotatable bonds is 3. The number of nitrogens with one attached hydrogen (secondary N) is 1. The second-order valence-electron chi connectivity index (χ2n) is 5.56. The van der Waals surface area contributed by atoms with Crippen molar-refractivity contribution in [1.29, 1.82) is 0 Å². The van der Waals surface area contributed by atoms with Gasteiger partial charge in [-0.05, 0) is 55.3 Å². The Hall–Kier alpha value is -1.24. The Morgan fingerprint density at radius 1 is 1.12 bits per heavy atom. The van der Waals surface area contributed by atoms with E-state index in [0.717, 1.165) is 42.4 Å². The number of benzene rings is 1. The number of halogens is 4. The van der Waals surface area contributed by atoms with E-state index in [0.29, 0.717) is 16.3 Å². The maximum Gasteiger partial charge on any atom is 0.406 e. The predicted molar refractivity (Wildman–Crippen MR) is 90.6 cm³/mol. The highest BCUT2D eigenvalue weighted by molar-refractivity contribution is 7.99. The summed E-state index contributed by atoms with van der Waals surface area (Å²) in [7, 11) is 0. The van der Waals surface area contributed by atoms with Gasteiger partial charge >= 0.3 is 6.18 Å². The van der Waals surface area contributed by atoms with Gasteiger partial charge in [-0.1, -0.05) is 23.7 Å². The first-order valence-corrected chi connectivity index (χ1v) is 8.88. The van der Waals surface area contributed by atoms with Gasteiger partial charge in [0.2, 0.25) is 0 Å². The normalized spacial score (nSPS) is 16.3. The minimum absolute atomic E-state index is 0.00424. The van der Waals surface area contributed by atoms with E-state index < -0.39 is 11.4 Å². The Morgan fingerprint density at radius 3 is 2.62 bits per heavy atom. The molecule has 1 unspecified atom stereocenters. The fourth-order valence-electron chi connectivity index (χ4n) is 2.78. The van der Waals surface area contributed by atoms with Gasteiger partial charge in [-0.3, -0.25) is 4.98 Å². The lowest BCUT2D eigenvalue weighted by Gasteiger charge is -2.22. The highest BCUT2D eigenvalue weighted by Gasteiger charge is 2.43. The number of thioether (sulfide) groups is 1. The van der Waals surface area contributed by atoms with Crippen LogP contribution in [0.3, 0.4) is 0 Å². The average Bonchev–Trinajstić information content (AvgIpc) is 2.79. The zero-order valence-corrected chi connectivity index (χ0v) is 14.3. The molecule has 0 saturated carbocycles. The molecule has 0 saturated heterocycles. The van der Waals surface area contributed by atoms with Gasteiger partial charge in [0.1, 0.15) is 5.25 Å². The summed E-state index contributed by atoms with van der Waals surface area (Å²) in [5.74, 6) is 0. The lowest BCUT2D eigenvalue weighted by Crippen LogP contribution is -2.19. The quantitative estimate of drug-likeness (QED) is 0.782. The van der Waals surface area contributed by atoms with Crippen LogP contribution >= 0.6 is 23.4 Å². The molecule has 1 aliphatic heterocycles. The standard InChI is InChI=1S/C17H16ClF3N2S/c18-13-5-4-11-6-9-22-10-7-12(11)15(13)24-16(17(19,20)21)14-3-1-2-8-23-14/h1-5,8,16,22H,6-7,9-10H2. The molecule has 2 nitrogen and oxygen atoms in total. The first kappa shape index (κ1) is 17.6. The fraction of sp³-hybridized carbons (Fsp3) is 0.353. The molecule has 0 radical (unpaired) electrons. The lowest BCUT2D eigenvalue weighted by molar-refractivity contribution is -0.130. The number of hydrogen-bond acceptors (Lipinski definition) is 3. The highest BCUT2D eigenvalue weighted by atomic mass is 35.5. The number of aromatic nitrogens is 1. The first-order chi connectivity index (χ1) is 11.5. The Labute approximate surface area is 147 Å². The van der Waals surface area contributed by atoms with E-state index >= 15 is 0 Å². The van der Waals surface area contributed by atoms with Crippen molar-refractivity contribution in [2.75, 3.05) is 13.1 Å². The van der Waals surface area contributed by atoms with Crippen LogP contribution in [0.25, 0.3) is 0 Å². The second kappa shape index (κ2) is 7.33. The van der Waals surface area contributed by atoms with Crippen LogP contribution in [0.1, 0.15) is 22.1 Å². The van der Waals surface area contributed by atoms with Gasteiger partial charge in [-0.15, -0.1) is 11.8 Å². The van der Waals surface area contributed by atoms with E-state index in [2.05, 4.69) is 10.3 Å². The first-order valence-electron chi connectivity index (χ1n) is 7.62. The van der Waals surface area contributed by atoms with Crippen LogP contribution in [0.2, 0.25) is 5.02 Å². The van der Waals surface area contributed by atoms with Crippen molar-refractivity contribution in [2.24, 2.45) is 0 Å². The molecule has 24 heavy (non-hydrogen) atoms. The zero-order valence-electron chi connectivity index (χ0n) is 12.7. The predicted octanol–water partition coefficient (Wildman–Crippen LogP) is 4.82. The van der Waals surface area contributed by atoms with Gasteiger partial charge in [0.25, 0.3) is 0 Å². The van der Waals surface area contributed by atoms with Crippen molar-refractivity contribution in [1.82, 2.24) is 10.3 Å². The molecule has 0 fully saturated rings. The molecule has 1 atom stereocenters. The molecule has 7 heteroatoms. The molecule has 2 aromatic rings. The molecule has 1 N–H and O–H groups in total. The lowest BCUT2D eigenvalue weighted by atomic mass is 10.0. The van der Waals surface area contributed by atoms with Crippen LogP contribution in [-0.2, 0) is 12.8 Å². The summed E-state index contributed by atoms with van der Waals surface area (Å²) in [5.41, 5.74) is 1.98. The minimum atomic E-state index is -4.41. The van der Waals surface area contributed by atoms with Gasteiger partial charge in [-0.25, -0.2) is 0 Å². The fourth-order valence-corrected chi connectivity index (χ4v) is 4.28. The monoisotopic (exact) mass is 372 g/mol. The topological polar surface area (TPSA) is 24.9 Å². The molecular formula is C17H16ClF3N2S. The van der Waals surface area contributed by atoms with Crippen LogP contribution < -0.4 is 5.32 Å². The third-order valence-electron chi connectivity index (χ3n) is 3.92. The van der Waals surface area contributed by atoms with Crippen molar-refractivity contribution in [3.63, 3.8) is 0 Å². The van der Waals surface area contributed by atoms with Gasteiger partial charge in [0.05, 0.1) is 10.7 Å². The van der Waals surface area contributed by atoms with E-state index in [1.54, 1.807) is 18.2 Å². The van der Waals surface area contributed by atoms with Gasteiger partial charge < -0.3 is 5.32 Å². The molecule has 128 valence electrons. The summed E-state index contributed by atoms with van der Waals surface area (Å²) in [6.07, 6.45) is -1.56. The van der Waals surface area contributed by atoms with Gasteiger partial charge in [0.15, 0.2) is 0 Å². The molecule has 0 spiro atoms. The second-order valence-corrected chi connectivity index (χ2v) is 7.08. The van der Waals surface area contributed by atoms with E-state index in [-0.39, 0.29) is 5.69 Å². The van der Waals surface area contributed by atoms with E-state index in [4.69, 9.17) is 11.6 Å². The molecule has 0 aliphatic carbocycles. The van der Waals surface area contributed by atoms with Gasteiger partial charge in [-0.2, -0.15) is 13.2 Å². The summed E-state index contributed by atoms with van der Waals surface area (Å²) in [4.78, 5) is 4.42. The van der Waals surface area contributed by atoms with E-state index in [9.17, 15) is 13.2 Å². The SMILES string of the molecule is FC(F)(F)C(Sc1c(Cl)ccc2c1CCNCC2)c1ccccn1. The van der Waals surface area contributed by atoms with Gasteiger partial charge in [0, 0.05) is 11.1 Å². The van der Waals surface area contributed by atoms with E-state index in [1.165, 1.54) is 12.3 Å². The van der Waals surface area contributed by atoms with Crippen LogP contribution in [0.5, 0.6) is 0 Å². The van der Waals surface area contributed by atoms with Crippen molar-refractivity contribution in [2.45, 2.75) is 29.2 Å². The average molecular weight is 373 g/mol. The molecule has 3 rings (SSSR count). The third-order valence-corrected chi connectivity index (χ3v) is 5.80. The largest absolute Gasteiger partial charge is 0.406 e. The van der Waals surface area contributed by atoms with Crippen molar-refractivity contribution < 1.29 is 13.2 Å². The van der Waals surface area contributed by atoms with Crippen LogP contribution in [0.15, 0.2) is 41.4 Å². The van der Waals surface area contributed by atoms with Crippen molar-refractivity contribution in [3.8, 4) is 0 Å². The molecule has 1 aromatic heterocycles. The Morgan fingerprint density at radius 2 is 1.92 bits per heavy atom. The molecular weight excluding hydrogens is 357 g/mol. The smallest absolute Gasteiger partial charge is 0.316 e. The van der Waals surface area contributed by atoms with E-state index in [1.807, 2.05) is 6.07 Å².